The molecule has 0 spiro atoms. The van der Waals surface area contributed by atoms with Crippen molar-refractivity contribution in [2.45, 2.75) is 6.18 Å². The standard InChI is InChI=1S/C21H13ClF3NO6S/c22-15-16(32-9-14(27)28)18(20(30)31)33-17(15)10-4-3-5-11(8-10)26-19(29)12-6-1-2-7-13(12)21(23,24)25/h1-8H,9H2,(H,26,29)(H,27,28)(H,30,31). The van der Waals surface area contributed by atoms with Crippen LogP contribution in [0.1, 0.15) is 25.6 Å². The number of hydrogen-bond acceptors (Lipinski definition) is 5. The lowest BCUT2D eigenvalue weighted by Crippen LogP contribution is -2.18. The van der Waals surface area contributed by atoms with E-state index in [-0.39, 0.29) is 26.2 Å². The van der Waals surface area contributed by atoms with E-state index in [2.05, 4.69) is 5.32 Å². The predicted octanol–water partition coefficient (Wildman–Crippen LogP) is 5.50. The molecule has 0 saturated heterocycles. The van der Waals surface area contributed by atoms with Crippen LogP contribution in [0.5, 0.6) is 5.75 Å². The van der Waals surface area contributed by atoms with Gasteiger partial charge in [0.05, 0.1) is 16.0 Å². The molecule has 1 aromatic heterocycles. The Kier molecular flexibility index (Phi) is 6.94. The number of carboxylic acid groups (broad SMARTS) is 2. The number of amides is 1. The van der Waals surface area contributed by atoms with Crippen LogP contribution < -0.4 is 10.1 Å². The minimum atomic E-state index is -4.72. The number of benzene rings is 2. The van der Waals surface area contributed by atoms with Crippen LogP contribution in [0.15, 0.2) is 48.5 Å². The summed E-state index contributed by atoms with van der Waals surface area (Å²) in [5.41, 5.74) is -1.20. The normalized spacial score (nSPS) is 11.2. The molecule has 3 aromatic rings. The van der Waals surface area contributed by atoms with Crippen molar-refractivity contribution in [1.82, 2.24) is 0 Å². The van der Waals surface area contributed by atoms with Crippen LogP contribution >= 0.6 is 22.9 Å². The number of thiophene rings is 1. The zero-order chi connectivity index (χ0) is 24.3. The van der Waals surface area contributed by atoms with Crippen LogP contribution in [-0.4, -0.2) is 34.7 Å². The minimum Gasteiger partial charge on any atom is -0.479 e. The van der Waals surface area contributed by atoms with Gasteiger partial charge in [0.25, 0.3) is 5.91 Å². The molecule has 0 saturated carbocycles. The lowest BCUT2D eigenvalue weighted by molar-refractivity contribution is -0.139. The maximum atomic E-state index is 13.2. The topological polar surface area (TPSA) is 113 Å². The molecule has 0 aliphatic rings. The van der Waals surface area contributed by atoms with Gasteiger partial charge in [-0.1, -0.05) is 35.9 Å². The van der Waals surface area contributed by atoms with E-state index in [0.29, 0.717) is 5.56 Å². The van der Waals surface area contributed by atoms with Crippen molar-refractivity contribution in [3.8, 4) is 16.2 Å². The fourth-order valence-electron chi connectivity index (χ4n) is 2.85. The third-order valence-electron chi connectivity index (χ3n) is 4.20. The van der Waals surface area contributed by atoms with Gasteiger partial charge in [-0.2, -0.15) is 13.2 Å². The van der Waals surface area contributed by atoms with Crippen LogP contribution in [0.2, 0.25) is 5.02 Å². The number of alkyl halides is 3. The lowest BCUT2D eigenvalue weighted by Gasteiger charge is -2.13. The minimum absolute atomic E-state index is 0.129. The number of aromatic carboxylic acids is 1. The first-order valence-corrected chi connectivity index (χ1v) is 10.2. The van der Waals surface area contributed by atoms with E-state index in [1.165, 1.54) is 36.4 Å². The van der Waals surface area contributed by atoms with Gasteiger partial charge in [0.15, 0.2) is 17.2 Å². The molecular weight excluding hydrogens is 487 g/mol. The Bertz CT molecular complexity index is 1240. The Morgan fingerprint density at radius 3 is 2.39 bits per heavy atom. The van der Waals surface area contributed by atoms with E-state index >= 15 is 0 Å². The van der Waals surface area contributed by atoms with E-state index in [1.54, 1.807) is 0 Å². The second-order valence-corrected chi connectivity index (χ2v) is 7.87. The average molecular weight is 500 g/mol. The van der Waals surface area contributed by atoms with Crippen LogP contribution in [0.3, 0.4) is 0 Å². The zero-order valence-corrected chi connectivity index (χ0v) is 17.8. The van der Waals surface area contributed by atoms with Crippen molar-refractivity contribution < 1.29 is 42.5 Å². The van der Waals surface area contributed by atoms with Crippen molar-refractivity contribution in [3.63, 3.8) is 0 Å². The molecule has 7 nitrogen and oxygen atoms in total. The summed E-state index contributed by atoms with van der Waals surface area (Å²) >= 11 is 6.95. The first kappa shape index (κ1) is 24.1. The Morgan fingerprint density at radius 2 is 1.76 bits per heavy atom. The summed E-state index contributed by atoms with van der Waals surface area (Å²) in [5, 5.41) is 20.4. The van der Waals surface area contributed by atoms with Crippen molar-refractivity contribution in [1.29, 1.82) is 0 Å². The van der Waals surface area contributed by atoms with Gasteiger partial charge in [-0.05, 0) is 29.8 Å². The summed E-state index contributed by atoms with van der Waals surface area (Å²) in [4.78, 5) is 34.7. The predicted molar refractivity (Wildman–Crippen MR) is 114 cm³/mol. The van der Waals surface area contributed by atoms with Crippen molar-refractivity contribution in [2.24, 2.45) is 0 Å². The van der Waals surface area contributed by atoms with Gasteiger partial charge >= 0.3 is 18.1 Å². The first-order valence-electron chi connectivity index (χ1n) is 8.97. The lowest BCUT2D eigenvalue weighted by atomic mass is 10.1. The van der Waals surface area contributed by atoms with Gasteiger partial charge in [0.2, 0.25) is 0 Å². The fraction of sp³-hybridized carbons (Fsp3) is 0.0952. The molecule has 0 aliphatic heterocycles. The highest BCUT2D eigenvalue weighted by atomic mass is 35.5. The Labute approximate surface area is 193 Å². The van der Waals surface area contributed by atoms with Crippen molar-refractivity contribution in [3.05, 3.63) is 69.6 Å². The molecule has 12 heteroatoms. The molecular formula is C21H13ClF3NO6S. The van der Waals surface area contributed by atoms with Gasteiger partial charge in [0.1, 0.15) is 5.02 Å². The number of rotatable bonds is 7. The van der Waals surface area contributed by atoms with Crippen LogP contribution in [0.4, 0.5) is 18.9 Å². The molecule has 0 fully saturated rings. The molecule has 1 amide bonds. The zero-order valence-electron chi connectivity index (χ0n) is 16.3. The summed E-state index contributed by atoms with van der Waals surface area (Å²) in [6, 6.07) is 10.1. The van der Waals surface area contributed by atoms with E-state index in [1.807, 2.05) is 0 Å². The molecule has 3 N–H and O–H groups in total. The van der Waals surface area contributed by atoms with E-state index in [0.717, 1.165) is 23.5 Å². The van der Waals surface area contributed by atoms with E-state index < -0.39 is 41.8 Å². The number of anilines is 1. The molecule has 0 aliphatic carbocycles. The molecule has 172 valence electrons. The maximum Gasteiger partial charge on any atom is 0.417 e. The molecule has 0 unspecified atom stereocenters. The largest absolute Gasteiger partial charge is 0.479 e. The van der Waals surface area contributed by atoms with Crippen molar-refractivity contribution >= 4 is 46.5 Å². The molecule has 0 atom stereocenters. The second kappa shape index (κ2) is 9.51. The molecule has 0 radical (unpaired) electrons. The maximum absolute atomic E-state index is 13.2. The monoisotopic (exact) mass is 499 g/mol. The van der Waals surface area contributed by atoms with Crippen LogP contribution in [0.25, 0.3) is 10.4 Å². The van der Waals surface area contributed by atoms with E-state index in [9.17, 15) is 32.7 Å². The van der Waals surface area contributed by atoms with Gasteiger partial charge in [-0.3, -0.25) is 4.79 Å². The number of hydrogen-bond donors (Lipinski definition) is 3. The quantitative estimate of drug-likeness (QED) is 0.395. The second-order valence-electron chi connectivity index (χ2n) is 6.47. The third kappa shape index (κ3) is 5.44. The molecule has 33 heavy (non-hydrogen) atoms. The Balaban J connectivity index is 1.94. The molecule has 2 aromatic carbocycles. The van der Waals surface area contributed by atoms with Gasteiger partial charge in [-0.15, -0.1) is 11.3 Å². The van der Waals surface area contributed by atoms with Gasteiger partial charge in [0, 0.05) is 5.69 Å². The Hall–Kier alpha value is -3.57. The Morgan fingerprint density at radius 1 is 1.06 bits per heavy atom. The molecule has 3 rings (SSSR count). The van der Waals surface area contributed by atoms with Crippen LogP contribution in [-0.2, 0) is 11.0 Å². The summed E-state index contributed by atoms with van der Waals surface area (Å²) < 4.78 is 44.6. The van der Waals surface area contributed by atoms with Gasteiger partial charge < -0.3 is 20.3 Å². The summed E-state index contributed by atoms with van der Waals surface area (Å²) in [6.07, 6.45) is -4.72. The highest BCUT2D eigenvalue weighted by Gasteiger charge is 2.35. The highest BCUT2D eigenvalue weighted by molar-refractivity contribution is 7.18. The number of nitrogens with one attached hydrogen (secondary N) is 1. The molecule has 0 bridgehead atoms. The SMILES string of the molecule is O=C(O)COc1c(C(=O)O)sc(-c2cccc(NC(=O)c3ccccc3C(F)(F)F)c2)c1Cl. The number of aliphatic carboxylic acids is 1. The van der Waals surface area contributed by atoms with Gasteiger partial charge in [-0.25, -0.2) is 9.59 Å². The highest BCUT2D eigenvalue weighted by Crippen LogP contribution is 2.46. The summed E-state index contributed by atoms with van der Waals surface area (Å²) in [7, 11) is 0. The number of carboxylic acids is 2. The average Bonchev–Trinajstić information content (AvgIpc) is 3.08. The van der Waals surface area contributed by atoms with E-state index in [4.69, 9.17) is 21.4 Å². The summed E-state index contributed by atoms with van der Waals surface area (Å²) in [5.74, 6) is -4.03. The third-order valence-corrected chi connectivity index (χ3v) is 5.88. The van der Waals surface area contributed by atoms with Crippen LogP contribution in [0, 0.1) is 0 Å². The number of ether oxygens (including phenoxy) is 1. The number of carbonyl (C=O) groups is 3. The molecule has 1 heterocycles. The number of halogens is 4. The smallest absolute Gasteiger partial charge is 0.417 e. The number of carbonyl (C=O) groups excluding carboxylic acids is 1. The fourth-order valence-corrected chi connectivity index (χ4v) is 4.25. The summed E-state index contributed by atoms with van der Waals surface area (Å²) in [6.45, 7) is -0.815. The van der Waals surface area contributed by atoms with Crippen molar-refractivity contribution in [2.75, 3.05) is 11.9 Å². The first-order chi connectivity index (χ1) is 15.5.